The van der Waals surface area contributed by atoms with Crippen LogP contribution < -0.4 is 10.6 Å². The molecule has 2 N–H and O–H groups in total. The molecule has 3 fully saturated rings. The average Bonchev–Trinajstić information content (AvgIpc) is 3.71. The Hall–Kier alpha value is -3.25. The predicted octanol–water partition coefficient (Wildman–Crippen LogP) is 4.97. The van der Waals surface area contributed by atoms with Crippen LogP contribution in [0.25, 0.3) is 0 Å². The molecule has 0 radical (unpaired) electrons. The first-order chi connectivity index (χ1) is 21.6. The molecule has 2 saturated heterocycles. The van der Waals surface area contributed by atoms with E-state index in [-0.39, 0.29) is 47.8 Å². The smallest absolute Gasteiger partial charge is 0.356 e. The van der Waals surface area contributed by atoms with E-state index in [2.05, 4.69) is 37.4 Å². The van der Waals surface area contributed by atoms with Crippen molar-refractivity contribution >= 4 is 23.5 Å². The summed E-state index contributed by atoms with van der Waals surface area (Å²) in [5, 5.41) is 6.03. The van der Waals surface area contributed by atoms with E-state index in [4.69, 9.17) is 0 Å². The van der Waals surface area contributed by atoms with Gasteiger partial charge in [-0.3, -0.25) is 9.59 Å². The fourth-order valence-corrected chi connectivity index (χ4v) is 6.97. The molecule has 5 rings (SSSR count). The summed E-state index contributed by atoms with van der Waals surface area (Å²) in [4.78, 5) is 40.8. The number of nitrogens with zero attached hydrogens (tertiary/aromatic N) is 5. The third kappa shape index (κ3) is 8.72. The van der Waals surface area contributed by atoms with Crippen LogP contribution in [-0.4, -0.2) is 95.9 Å². The zero-order valence-electron chi connectivity index (χ0n) is 26.4. The highest BCUT2D eigenvalue weighted by atomic mass is 19.4. The Kier molecular flexibility index (Phi) is 11.0. The van der Waals surface area contributed by atoms with Crippen LogP contribution in [0.1, 0.15) is 73.0 Å². The van der Waals surface area contributed by atoms with E-state index in [1.807, 2.05) is 7.05 Å². The lowest BCUT2D eigenvalue weighted by Crippen LogP contribution is -2.44. The Morgan fingerprint density at radius 1 is 1.00 bits per heavy atom. The molecule has 3 aliphatic rings. The summed E-state index contributed by atoms with van der Waals surface area (Å²) >= 11 is 0. The first kappa shape index (κ1) is 33.1. The second-order valence-electron chi connectivity index (χ2n) is 12.9. The first-order valence-corrected chi connectivity index (χ1v) is 16.3. The van der Waals surface area contributed by atoms with E-state index < -0.39 is 11.7 Å². The molecule has 1 aliphatic carbocycles. The number of halogens is 3. The van der Waals surface area contributed by atoms with Crippen molar-refractivity contribution in [1.29, 1.82) is 0 Å². The monoisotopic (exact) mass is 629 g/mol. The fourth-order valence-electron chi connectivity index (χ4n) is 6.97. The summed E-state index contributed by atoms with van der Waals surface area (Å²) < 4.78 is 42.0. The van der Waals surface area contributed by atoms with Gasteiger partial charge >= 0.3 is 6.18 Å². The number of anilines is 2. The molecule has 2 amide bonds. The van der Waals surface area contributed by atoms with Crippen molar-refractivity contribution in [3.63, 3.8) is 0 Å². The quantitative estimate of drug-likeness (QED) is 0.339. The third-order valence-electron chi connectivity index (χ3n) is 9.72. The number of carbonyl (C=O) groups is 2. The van der Waals surface area contributed by atoms with Crippen molar-refractivity contribution < 1.29 is 22.8 Å². The van der Waals surface area contributed by atoms with Gasteiger partial charge in [-0.25, -0.2) is 9.97 Å². The number of hydrogen-bond donors (Lipinski definition) is 2. The molecule has 12 heteroatoms. The molecule has 1 saturated carbocycles. The minimum Gasteiger partial charge on any atom is -0.356 e. The zero-order valence-corrected chi connectivity index (χ0v) is 26.4. The van der Waals surface area contributed by atoms with Crippen molar-refractivity contribution in [3.8, 4) is 0 Å². The Bertz CT molecular complexity index is 1290. The second-order valence-corrected chi connectivity index (χ2v) is 12.9. The van der Waals surface area contributed by atoms with Crippen LogP contribution in [0.4, 0.5) is 24.8 Å². The summed E-state index contributed by atoms with van der Waals surface area (Å²) in [6.45, 7) is 5.65. The predicted molar refractivity (Wildman–Crippen MR) is 167 cm³/mol. The van der Waals surface area contributed by atoms with Crippen LogP contribution in [0, 0.1) is 11.8 Å². The molecular weight excluding hydrogens is 583 g/mol. The van der Waals surface area contributed by atoms with Crippen molar-refractivity contribution in [2.24, 2.45) is 11.8 Å². The number of benzene rings is 1. The van der Waals surface area contributed by atoms with E-state index in [1.165, 1.54) is 12.8 Å². The van der Waals surface area contributed by atoms with Gasteiger partial charge in [-0.15, -0.1) is 0 Å². The van der Waals surface area contributed by atoms with Gasteiger partial charge in [0.15, 0.2) is 0 Å². The Labute approximate surface area is 264 Å². The minimum absolute atomic E-state index is 0.0430. The maximum atomic E-state index is 14.0. The number of likely N-dealkylation sites (tertiary alicyclic amines) is 2. The molecule has 3 heterocycles. The van der Waals surface area contributed by atoms with Crippen LogP contribution in [0.3, 0.4) is 0 Å². The summed E-state index contributed by atoms with van der Waals surface area (Å²) in [7, 11) is 3.91. The van der Waals surface area contributed by atoms with Crippen LogP contribution in [0.15, 0.2) is 30.5 Å². The molecule has 45 heavy (non-hydrogen) atoms. The SMILES string of the molecule is CN1CCC(N(C)C(=O)c2ccc(Nc3ncc(C(F)(F)F)c(C[C@@H]4CCC[C@@H]4C(=O)NCCCN4CCCC4)n3)cc2)CC1. The lowest BCUT2D eigenvalue weighted by molar-refractivity contribution is -0.138. The molecule has 2 aliphatic heterocycles. The maximum absolute atomic E-state index is 14.0. The molecule has 2 atom stereocenters. The van der Waals surface area contributed by atoms with E-state index in [0.717, 1.165) is 64.6 Å². The highest BCUT2D eigenvalue weighted by Crippen LogP contribution is 2.38. The molecule has 246 valence electrons. The molecule has 0 spiro atoms. The van der Waals surface area contributed by atoms with Gasteiger partial charge in [-0.1, -0.05) is 6.42 Å². The van der Waals surface area contributed by atoms with Gasteiger partial charge in [0.05, 0.1) is 11.3 Å². The van der Waals surface area contributed by atoms with Crippen molar-refractivity contribution in [3.05, 3.63) is 47.3 Å². The van der Waals surface area contributed by atoms with Gasteiger partial charge in [0.1, 0.15) is 0 Å². The number of alkyl halides is 3. The first-order valence-electron chi connectivity index (χ1n) is 16.3. The summed E-state index contributed by atoms with van der Waals surface area (Å²) in [5.41, 5.74) is 0.122. The van der Waals surface area contributed by atoms with Crippen LogP contribution in [0.5, 0.6) is 0 Å². The largest absolute Gasteiger partial charge is 0.419 e. The van der Waals surface area contributed by atoms with E-state index in [9.17, 15) is 22.8 Å². The normalized spacial score (nSPS) is 21.6. The second kappa shape index (κ2) is 14.9. The Morgan fingerprint density at radius 2 is 1.71 bits per heavy atom. The van der Waals surface area contributed by atoms with Crippen molar-refractivity contribution in [1.82, 2.24) is 30.0 Å². The average molecular weight is 630 g/mol. The van der Waals surface area contributed by atoms with Gasteiger partial charge < -0.3 is 25.3 Å². The van der Waals surface area contributed by atoms with Crippen LogP contribution >= 0.6 is 0 Å². The molecule has 1 aromatic carbocycles. The number of aromatic nitrogens is 2. The van der Waals surface area contributed by atoms with Crippen LogP contribution in [-0.2, 0) is 17.4 Å². The fraction of sp³-hybridized carbons (Fsp3) is 0.636. The molecular formula is C33H46F3N7O2. The minimum atomic E-state index is -4.61. The third-order valence-corrected chi connectivity index (χ3v) is 9.72. The summed E-state index contributed by atoms with van der Waals surface area (Å²) in [6.07, 6.45) is 3.57. The summed E-state index contributed by atoms with van der Waals surface area (Å²) in [6, 6.07) is 7.01. The van der Waals surface area contributed by atoms with E-state index >= 15 is 0 Å². The van der Waals surface area contributed by atoms with Gasteiger partial charge in [0, 0.05) is 43.0 Å². The lowest BCUT2D eigenvalue weighted by atomic mass is 9.89. The van der Waals surface area contributed by atoms with Crippen molar-refractivity contribution in [2.45, 2.75) is 70.0 Å². The topological polar surface area (TPSA) is 93.7 Å². The molecule has 0 bridgehead atoms. The Balaban J connectivity index is 1.21. The molecule has 0 unspecified atom stereocenters. The molecule has 1 aromatic heterocycles. The lowest BCUT2D eigenvalue weighted by Gasteiger charge is -2.35. The Morgan fingerprint density at radius 3 is 2.40 bits per heavy atom. The number of nitrogens with one attached hydrogen (secondary N) is 2. The number of amides is 2. The maximum Gasteiger partial charge on any atom is 0.419 e. The standard InChI is InChI=1S/C33H46F3N7O2/c1-41-19-13-26(14-20-41)42(2)31(45)23-9-11-25(12-10-23)39-32-38-22-28(33(34,35)36)29(40-32)21-24-7-5-8-27(24)30(44)37-15-6-18-43-16-3-4-17-43/h9-12,22,24,26-27H,3-8,13-21H2,1-2H3,(H,37,44)(H,38,39,40)/t24-,27-/m0/s1. The number of hydrogen-bond acceptors (Lipinski definition) is 7. The van der Waals surface area contributed by atoms with E-state index in [1.54, 1.807) is 29.2 Å². The van der Waals surface area contributed by atoms with Gasteiger partial charge in [0.25, 0.3) is 5.91 Å². The van der Waals surface area contributed by atoms with Crippen LogP contribution in [0.2, 0.25) is 0 Å². The van der Waals surface area contributed by atoms with Gasteiger partial charge in [0.2, 0.25) is 11.9 Å². The van der Waals surface area contributed by atoms with Crippen molar-refractivity contribution in [2.75, 3.05) is 58.7 Å². The molecule has 2 aromatic rings. The number of carbonyl (C=O) groups excluding carboxylic acids is 2. The highest BCUT2D eigenvalue weighted by molar-refractivity contribution is 5.94. The summed E-state index contributed by atoms with van der Waals surface area (Å²) in [5.74, 6) is -0.649. The molecule has 9 nitrogen and oxygen atoms in total. The number of piperidine rings is 1. The van der Waals surface area contributed by atoms with Gasteiger partial charge in [-0.05, 0) is 121 Å². The zero-order chi connectivity index (χ0) is 32.0. The highest BCUT2D eigenvalue weighted by Gasteiger charge is 2.39. The van der Waals surface area contributed by atoms with E-state index in [0.29, 0.717) is 30.6 Å². The number of rotatable bonds is 11. The van der Waals surface area contributed by atoms with Gasteiger partial charge in [-0.2, -0.15) is 13.2 Å².